The quantitative estimate of drug-likeness (QED) is 0.808. The molecular weight excluding hydrogens is 373 g/mol. The summed E-state index contributed by atoms with van der Waals surface area (Å²) in [5.74, 6) is 0.461. The first-order chi connectivity index (χ1) is 13.3. The van der Waals surface area contributed by atoms with Crippen LogP contribution in [-0.4, -0.2) is 65.0 Å². The van der Waals surface area contributed by atoms with E-state index in [9.17, 15) is 18.0 Å². The fourth-order valence-corrected chi connectivity index (χ4v) is 2.99. The predicted octanol–water partition coefficient (Wildman–Crippen LogP) is 1.91. The van der Waals surface area contributed by atoms with Gasteiger partial charge in [0, 0.05) is 57.2 Å². The van der Waals surface area contributed by atoms with Crippen LogP contribution in [0, 0.1) is 0 Å². The van der Waals surface area contributed by atoms with Gasteiger partial charge in [-0.2, -0.15) is 18.3 Å². The van der Waals surface area contributed by atoms with Gasteiger partial charge in [-0.15, -0.1) is 0 Å². The number of anilines is 1. The van der Waals surface area contributed by atoms with Gasteiger partial charge in [-0.05, 0) is 13.1 Å². The van der Waals surface area contributed by atoms with Crippen LogP contribution in [0.3, 0.4) is 0 Å². The number of carbonyl (C=O) groups is 1. The first-order valence-electron chi connectivity index (χ1n) is 9.06. The van der Waals surface area contributed by atoms with Crippen LogP contribution in [-0.2, 0) is 13.1 Å². The number of alkyl halides is 3. The highest BCUT2D eigenvalue weighted by atomic mass is 19.4. The number of hydrogen-bond donors (Lipinski definition) is 1. The van der Waals surface area contributed by atoms with E-state index in [1.54, 1.807) is 6.20 Å². The van der Waals surface area contributed by atoms with Crippen LogP contribution < -0.4 is 10.2 Å². The van der Waals surface area contributed by atoms with Crippen LogP contribution in [0.15, 0.2) is 30.7 Å². The minimum Gasteiger partial charge on any atom is -0.354 e. The van der Waals surface area contributed by atoms with E-state index < -0.39 is 12.6 Å². The molecule has 3 rings (SSSR count). The molecule has 0 aromatic carbocycles. The van der Waals surface area contributed by atoms with E-state index >= 15 is 0 Å². The molecule has 1 saturated heterocycles. The number of pyridine rings is 1. The molecule has 2 aromatic heterocycles. The highest BCUT2D eigenvalue weighted by Gasteiger charge is 2.27. The van der Waals surface area contributed by atoms with Gasteiger partial charge in [-0.25, -0.2) is 4.98 Å². The van der Waals surface area contributed by atoms with Gasteiger partial charge in [-0.1, -0.05) is 6.07 Å². The van der Waals surface area contributed by atoms with E-state index in [0.29, 0.717) is 0 Å². The SMILES string of the molecule is CN1CCN(c2ncccc2CNC(=O)c2cnn(CCC(F)(F)F)c2)CC1. The van der Waals surface area contributed by atoms with E-state index in [-0.39, 0.29) is 24.6 Å². The molecule has 0 spiro atoms. The molecule has 28 heavy (non-hydrogen) atoms. The highest BCUT2D eigenvalue weighted by molar-refractivity contribution is 5.93. The molecule has 1 aliphatic rings. The zero-order chi connectivity index (χ0) is 20.1. The largest absolute Gasteiger partial charge is 0.390 e. The molecule has 1 fully saturated rings. The van der Waals surface area contributed by atoms with Crippen molar-refractivity contribution in [2.45, 2.75) is 25.7 Å². The van der Waals surface area contributed by atoms with Crippen LogP contribution in [0.5, 0.6) is 0 Å². The third-order valence-electron chi connectivity index (χ3n) is 4.63. The summed E-state index contributed by atoms with van der Waals surface area (Å²) < 4.78 is 38.0. The molecule has 1 amide bonds. The van der Waals surface area contributed by atoms with E-state index in [1.807, 2.05) is 12.1 Å². The molecule has 0 unspecified atom stereocenters. The minimum absolute atomic E-state index is 0.229. The number of likely N-dealkylation sites (N-methyl/N-ethyl adjacent to an activating group) is 1. The number of aromatic nitrogens is 3. The minimum atomic E-state index is -4.26. The van der Waals surface area contributed by atoms with Crippen molar-refractivity contribution in [3.05, 3.63) is 41.9 Å². The first kappa shape index (κ1) is 20.1. The Balaban J connectivity index is 1.59. The molecule has 3 heterocycles. The van der Waals surface area contributed by atoms with Crippen LogP contribution in [0.25, 0.3) is 0 Å². The lowest BCUT2D eigenvalue weighted by Crippen LogP contribution is -2.45. The van der Waals surface area contributed by atoms with Crippen molar-refractivity contribution in [3.8, 4) is 0 Å². The molecule has 10 heteroatoms. The fourth-order valence-electron chi connectivity index (χ4n) is 2.99. The summed E-state index contributed by atoms with van der Waals surface area (Å²) >= 11 is 0. The maximum atomic E-state index is 12.3. The normalized spacial score (nSPS) is 15.6. The molecule has 0 radical (unpaired) electrons. The number of aryl methyl sites for hydroxylation is 1. The zero-order valence-electron chi connectivity index (χ0n) is 15.6. The second-order valence-electron chi connectivity index (χ2n) is 6.82. The summed E-state index contributed by atoms with van der Waals surface area (Å²) in [6, 6.07) is 3.73. The third-order valence-corrected chi connectivity index (χ3v) is 4.63. The van der Waals surface area contributed by atoms with Gasteiger partial charge in [0.05, 0.1) is 18.2 Å². The maximum Gasteiger partial charge on any atom is 0.390 e. The Morgan fingerprint density at radius 2 is 2.00 bits per heavy atom. The van der Waals surface area contributed by atoms with Gasteiger partial charge >= 0.3 is 6.18 Å². The first-order valence-corrected chi connectivity index (χ1v) is 9.06. The molecular formula is C18H23F3N6O. The van der Waals surface area contributed by atoms with E-state index in [0.717, 1.165) is 42.2 Å². The van der Waals surface area contributed by atoms with E-state index in [1.165, 1.54) is 12.4 Å². The van der Waals surface area contributed by atoms with E-state index in [4.69, 9.17) is 0 Å². The molecule has 1 aliphatic heterocycles. The van der Waals surface area contributed by atoms with Crippen LogP contribution in [0.4, 0.5) is 19.0 Å². The summed E-state index contributed by atoms with van der Waals surface area (Å²) in [6.45, 7) is 3.58. The average Bonchev–Trinajstić information content (AvgIpc) is 3.14. The van der Waals surface area contributed by atoms with Gasteiger partial charge in [0.25, 0.3) is 5.91 Å². The Morgan fingerprint density at radius 1 is 1.25 bits per heavy atom. The molecule has 2 aromatic rings. The van der Waals surface area contributed by atoms with E-state index in [2.05, 4.69) is 32.2 Å². The Kier molecular flexibility index (Phi) is 6.18. The van der Waals surface area contributed by atoms with Crippen LogP contribution in [0.2, 0.25) is 0 Å². The summed E-state index contributed by atoms with van der Waals surface area (Å²) in [7, 11) is 2.08. The lowest BCUT2D eigenvalue weighted by atomic mass is 10.2. The van der Waals surface area contributed by atoms with Crippen molar-refractivity contribution < 1.29 is 18.0 Å². The highest BCUT2D eigenvalue weighted by Crippen LogP contribution is 2.20. The molecule has 0 bridgehead atoms. The van der Waals surface area contributed by atoms with Crippen molar-refractivity contribution in [2.24, 2.45) is 0 Å². The molecule has 0 aliphatic carbocycles. The molecule has 0 atom stereocenters. The molecule has 0 saturated carbocycles. The number of nitrogens with zero attached hydrogens (tertiary/aromatic N) is 5. The molecule has 152 valence electrons. The smallest absolute Gasteiger partial charge is 0.354 e. The summed E-state index contributed by atoms with van der Waals surface area (Å²) in [5, 5.41) is 6.62. The number of piperazine rings is 1. The van der Waals surface area contributed by atoms with Crippen molar-refractivity contribution in [2.75, 3.05) is 38.1 Å². The number of halogens is 3. The van der Waals surface area contributed by atoms with Gasteiger partial charge in [0.1, 0.15) is 5.82 Å². The lowest BCUT2D eigenvalue weighted by Gasteiger charge is -2.34. The zero-order valence-corrected chi connectivity index (χ0v) is 15.6. The number of amides is 1. The van der Waals surface area contributed by atoms with Gasteiger partial charge in [-0.3, -0.25) is 9.48 Å². The Hall–Kier alpha value is -2.62. The second kappa shape index (κ2) is 8.59. The Morgan fingerprint density at radius 3 is 2.71 bits per heavy atom. The van der Waals surface area contributed by atoms with Crippen LogP contribution >= 0.6 is 0 Å². The van der Waals surface area contributed by atoms with Gasteiger partial charge in [0.2, 0.25) is 0 Å². The maximum absolute atomic E-state index is 12.3. The average molecular weight is 396 g/mol. The monoisotopic (exact) mass is 396 g/mol. The summed E-state index contributed by atoms with van der Waals surface area (Å²) in [6.07, 6.45) is -0.917. The Labute approximate surface area is 161 Å². The van der Waals surface area contributed by atoms with Crippen molar-refractivity contribution in [3.63, 3.8) is 0 Å². The summed E-state index contributed by atoms with van der Waals surface area (Å²) in [4.78, 5) is 21.2. The standard InChI is InChI=1S/C18H23F3N6O/c1-25-7-9-26(10-8-25)16-14(3-2-5-22-16)11-23-17(28)15-12-24-27(13-15)6-4-18(19,20)21/h2-3,5,12-13H,4,6-11H2,1H3,(H,23,28). The lowest BCUT2D eigenvalue weighted by molar-refractivity contribution is -0.137. The number of carbonyl (C=O) groups excluding carboxylic acids is 1. The van der Waals surface area contributed by atoms with Crippen LogP contribution in [0.1, 0.15) is 22.3 Å². The number of nitrogens with one attached hydrogen (secondary N) is 1. The van der Waals surface area contributed by atoms with Gasteiger partial charge < -0.3 is 15.1 Å². The predicted molar refractivity (Wildman–Crippen MR) is 98.0 cm³/mol. The van der Waals surface area contributed by atoms with Gasteiger partial charge in [0.15, 0.2) is 0 Å². The number of hydrogen-bond acceptors (Lipinski definition) is 5. The van der Waals surface area contributed by atoms with Crippen molar-refractivity contribution in [1.82, 2.24) is 25.0 Å². The second-order valence-corrected chi connectivity index (χ2v) is 6.82. The Bertz CT molecular complexity index is 799. The third kappa shape index (κ3) is 5.44. The molecule has 1 N–H and O–H groups in total. The topological polar surface area (TPSA) is 66.3 Å². The molecule has 7 nitrogen and oxygen atoms in total. The van der Waals surface area contributed by atoms with Crippen molar-refractivity contribution in [1.29, 1.82) is 0 Å². The van der Waals surface area contributed by atoms with Crippen molar-refractivity contribution >= 4 is 11.7 Å². The number of rotatable bonds is 6. The fraction of sp³-hybridized carbons (Fsp3) is 0.500. The summed E-state index contributed by atoms with van der Waals surface area (Å²) in [5.41, 5.74) is 1.12.